The SMILES string of the molecule is CN1CC(=O)N2[C@H](c3ccc4c(c3)OCO4)c3[n-]c4ccccc4c3C[C@@H]2C1=O.[Na+]. The molecule has 0 unspecified atom stereocenters. The quantitative estimate of drug-likeness (QED) is 0.473. The molecule has 0 saturated carbocycles. The number of carbonyl (C=O) groups is 2. The van der Waals surface area contributed by atoms with Gasteiger partial charge >= 0.3 is 29.6 Å². The molecule has 2 atom stereocenters. The summed E-state index contributed by atoms with van der Waals surface area (Å²) in [4.78, 5) is 34.2. The molecule has 3 aliphatic heterocycles. The standard InChI is InChI=1S/C22H18N3O4.Na/c1-24-10-19(26)25-16(22(24)27)9-14-13-4-2-3-5-15(13)23-20(14)21(25)12-6-7-17-18(8-12)29-11-28-17;/h2-8,16,21H,9-11H2,1H3;/q-1;+1/t16-,21-;/m1./s1. The number of likely N-dealkylation sites (N-methyl/N-ethyl adjacent to an activating group) is 1. The fourth-order valence-electron chi connectivity index (χ4n) is 4.75. The van der Waals surface area contributed by atoms with Gasteiger partial charge in [0.15, 0.2) is 11.5 Å². The summed E-state index contributed by atoms with van der Waals surface area (Å²) in [6, 6.07) is 12.7. The Balaban J connectivity index is 0.00000193. The second-order valence-electron chi connectivity index (χ2n) is 7.72. The van der Waals surface area contributed by atoms with Crippen LogP contribution in [0, 0.1) is 0 Å². The van der Waals surface area contributed by atoms with Crippen molar-refractivity contribution in [2.75, 3.05) is 20.4 Å². The van der Waals surface area contributed by atoms with Crippen LogP contribution < -0.4 is 44.0 Å². The largest absolute Gasteiger partial charge is 1.00 e. The van der Waals surface area contributed by atoms with Crippen molar-refractivity contribution in [2.45, 2.75) is 18.5 Å². The van der Waals surface area contributed by atoms with E-state index in [4.69, 9.17) is 14.5 Å². The number of nitrogens with zero attached hydrogens (tertiary/aromatic N) is 3. The summed E-state index contributed by atoms with van der Waals surface area (Å²) >= 11 is 0. The van der Waals surface area contributed by atoms with Gasteiger partial charge < -0.3 is 24.3 Å². The number of rotatable bonds is 1. The Morgan fingerprint density at radius 2 is 1.87 bits per heavy atom. The third-order valence-electron chi connectivity index (χ3n) is 6.08. The fourth-order valence-corrected chi connectivity index (χ4v) is 4.75. The van der Waals surface area contributed by atoms with Gasteiger partial charge in [0.2, 0.25) is 18.6 Å². The molecular weight excluding hydrogens is 393 g/mol. The Kier molecular flexibility index (Phi) is 4.57. The smallest absolute Gasteiger partial charge is 0.659 e. The molecule has 3 aliphatic rings. The molecule has 1 saturated heterocycles. The third kappa shape index (κ3) is 2.69. The fraction of sp³-hybridized carbons (Fsp3) is 0.273. The van der Waals surface area contributed by atoms with Crippen molar-refractivity contribution in [3.63, 3.8) is 0 Å². The van der Waals surface area contributed by atoms with E-state index in [1.807, 2.05) is 42.5 Å². The van der Waals surface area contributed by atoms with Crippen molar-refractivity contribution in [2.24, 2.45) is 0 Å². The number of aromatic nitrogens is 1. The number of hydrogen-bond donors (Lipinski definition) is 0. The summed E-state index contributed by atoms with van der Waals surface area (Å²) in [6.07, 6.45) is 0.478. The van der Waals surface area contributed by atoms with Crippen molar-refractivity contribution < 1.29 is 48.6 Å². The van der Waals surface area contributed by atoms with Crippen LogP contribution in [0.2, 0.25) is 0 Å². The van der Waals surface area contributed by atoms with E-state index in [1.54, 1.807) is 11.9 Å². The second-order valence-corrected chi connectivity index (χ2v) is 7.72. The molecule has 4 heterocycles. The number of para-hydroxylation sites is 1. The second kappa shape index (κ2) is 7.04. The minimum absolute atomic E-state index is 0. The van der Waals surface area contributed by atoms with Crippen LogP contribution in [0.25, 0.3) is 10.9 Å². The Labute approximate surface area is 195 Å². The van der Waals surface area contributed by atoms with Crippen molar-refractivity contribution in [1.29, 1.82) is 0 Å². The van der Waals surface area contributed by atoms with Crippen molar-refractivity contribution in [3.05, 3.63) is 59.3 Å². The van der Waals surface area contributed by atoms with Crippen molar-refractivity contribution in [1.82, 2.24) is 14.8 Å². The summed E-state index contributed by atoms with van der Waals surface area (Å²) in [6.45, 7) is 0.258. The molecule has 30 heavy (non-hydrogen) atoms. The zero-order valence-electron chi connectivity index (χ0n) is 16.8. The van der Waals surface area contributed by atoms with Gasteiger partial charge in [-0.2, -0.15) is 0 Å². The normalized spacial score (nSPS) is 22.0. The summed E-state index contributed by atoms with van der Waals surface area (Å²) in [7, 11) is 1.68. The summed E-state index contributed by atoms with van der Waals surface area (Å²) < 4.78 is 11.0. The van der Waals surface area contributed by atoms with E-state index in [1.165, 1.54) is 4.90 Å². The maximum absolute atomic E-state index is 13.1. The van der Waals surface area contributed by atoms with Gasteiger partial charge in [-0.3, -0.25) is 9.59 Å². The molecule has 146 valence electrons. The number of amides is 2. The Hall–Kier alpha value is -2.48. The van der Waals surface area contributed by atoms with Gasteiger partial charge in [-0.15, -0.1) is 11.2 Å². The molecule has 0 aliphatic carbocycles. The van der Waals surface area contributed by atoms with Gasteiger partial charge in [-0.1, -0.05) is 35.9 Å². The molecule has 0 bridgehead atoms. The van der Waals surface area contributed by atoms with E-state index in [9.17, 15) is 9.59 Å². The van der Waals surface area contributed by atoms with Gasteiger partial charge in [-0.25, -0.2) is 0 Å². The van der Waals surface area contributed by atoms with Gasteiger partial charge in [0.1, 0.15) is 6.04 Å². The number of ether oxygens (including phenoxy) is 2. The molecule has 2 aromatic carbocycles. The van der Waals surface area contributed by atoms with E-state index < -0.39 is 12.1 Å². The first-order chi connectivity index (χ1) is 14.1. The first kappa shape index (κ1) is 19.5. The van der Waals surface area contributed by atoms with Crippen LogP contribution in [-0.4, -0.2) is 48.0 Å². The number of carbonyl (C=O) groups excluding carboxylic acids is 2. The minimum atomic E-state index is -0.531. The van der Waals surface area contributed by atoms with Crippen LogP contribution in [0.1, 0.15) is 22.9 Å². The Morgan fingerprint density at radius 1 is 1.07 bits per heavy atom. The molecule has 0 radical (unpaired) electrons. The van der Waals surface area contributed by atoms with Crippen LogP contribution in [0.3, 0.4) is 0 Å². The zero-order chi connectivity index (χ0) is 19.7. The van der Waals surface area contributed by atoms with Crippen LogP contribution in [-0.2, 0) is 16.0 Å². The molecular formula is C22H18N3NaO4. The summed E-state index contributed by atoms with van der Waals surface area (Å²) in [5.41, 5.74) is 3.64. The molecule has 6 rings (SSSR count). The number of benzene rings is 2. The maximum atomic E-state index is 13.1. The van der Waals surface area contributed by atoms with Gasteiger partial charge in [-0.05, 0) is 23.1 Å². The molecule has 1 fully saturated rings. The van der Waals surface area contributed by atoms with E-state index in [2.05, 4.69) is 0 Å². The minimum Gasteiger partial charge on any atom is -0.659 e. The number of fused-ring (bicyclic) bond motifs is 5. The predicted molar refractivity (Wildman–Crippen MR) is 104 cm³/mol. The topological polar surface area (TPSA) is 73.2 Å². The first-order valence-electron chi connectivity index (χ1n) is 9.61. The van der Waals surface area contributed by atoms with Crippen LogP contribution in [0.4, 0.5) is 0 Å². The monoisotopic (exact) mass is 411 g/mol. The maximum Gasteiger partial charge on any atom is 1.00 e. The molecule has 3 aromatic rings. The summed E-state index contributed by atoms with van der Waals surface area (Å²) in [5.74, 6) is 1.22. The average Bonchev–Trinajstić information content (AvgIpc) is 3.34. The van der Waals surface area contributed by atoms with E-state index >= 15 is 0 Å². The molecule has 0 N–H and O–H groups in total. The zero-order valence-corrected chi connectivity index (χ0v) is 18.8. The third-order valence-corrected chi connectivity index (χ3v) is 6.08. The Bertz CT molecular complexity index is 1190. The van der Waals surface area contributed by atoms with E-state index in [-0.39, 0.29) is 54.7 Å². The molecule has 1 aromatic heterocycles. The predicted octanol–water partition coefficient (Wildman–Crippen LogP) is -1.16. The van der Waals surface area contributed by atoms with E-state index in [0.29, 0.717) is 17.9 Å². The molecule has 2 amide bonds. The number of hydrogen-bond acceptors (Lipinski definition) is 4. The van der Waals surface area contributed by atoms with Gasteiger partial charge in [0, 0.05) is 13.5 Å². The molecule has 8 heteroatoms. The van der Waals surface area contributed by atoms with Crippen LogP contribution >= 0.6 is 0 Å². The van der Waals surface area contributed by atoms with Gasteiger partial charge in [0.05, 0.1) is 12.6 Å². The van der Waals surface area contributed by atoms with Crippen LogP contribution in [0.5, 0.6) is 11.5 Å². The van der Waals surface area contributed by atoms with E-state index in [0.717, 1.165) is 27.7 Å². The van der Waals surface area contributed by atoms with Crippen molar-refractivity contribution in [3.8, 4) is 11.5 Å². The molecule has 7 nitrogen and oxygen atoms in total. The summed E-state index contributed by atoms with van der Waals surface area (Å²) in [5, 5.41) is 1.04. The molecule has 0 spiro atoms. The first-order valence-corrected chi connectivity index (χ1v) is 9.61. The van der Waals surface area contributed by atoms with Gasteiger partial charge in [0.25, 0.3) is 0 Å². The average molecular weight is 411 g/mol. The van der Waals surface area contributed by atoms with Crippen LogP contribution in [0.15, 0.2) is 42.5 Å². The van der Waals surface area contributed by atoms with Crippen molar-refractivity contribution >= 4 is 22.7 Å². The Morgan fingerprint density at radius 3 is 2.73 bits per heavy atom. The number of piperazine rings is 1.